The van der Waals surface area contributed by atoms with E-state index in [9.17, 15) is 4.79 Å². The lowest BCUT2D eigenvalue weighted by Gasteiger charge is -2.28. The second-order valence-electron chi connectivity index (χ2n) is 9.45. The summed E-state index contributed by atoms with van der Waals surface area (Å²) in [6.07, 6.45) is 3.00. The molecular weight excluding hydrogens is 452 g/mol. The van der Waals surface area contributed by atoms with Crippen molar-refractivity contribution in [2.24, 2.45) is 0 Å². The van der Waals surface area contributed by atoms with Gasteiger partial charge in [-0.1, -0.05) is 30.3 Å². The highest BCUT2D eigenvalue weighted by atomic mass is 16.5. The fourth-order valence-corrected chi connectivity index (χ4v) is 5.59. The number of hydrogen-bond acceptors (Lipinski definition) is 5. The van der Waals surface area contributed by atoms with Gasteiger partial charge in [0.05, 0.1) is 36.4 Å². The van der Waals surface area contributed by atoms with Crippen LogP contribution in [0, 0.1) is 0 Å². The van der Waals surface area contributed by atoms with Crippen molar-refractivity contribution < 1.29 is 14.3 Å². The Hall–Kier alpha value is -3.84. The van der Waals surface area contributed by atoms with Crippen LogP contribution in [-0.4, -0.2) is 58.2 Å². The first kappa shape index (κ1) is 22.6. The van der Waals surface area contributed by atoms with Crippen molar-refractivity contribution >= 4 is 16.9 Å². The van der Waals surface area contributed by atoms with Crippen LogP contribution in [0.25, 0.3) is 22.4 Å². The quantitative estimate of drug-likeness (QED) is 0.398. The molecule has 36 heavy (non-hydrogen) atoms. The van der Waals surface area contributed by atoms with E-state index in [0.717, 1.165) is 48.2 Å². The number of piperidine rings is 1. The minimum atomic E-state index is 0.0370. The van der Waals surface area contributed by atoms with Crippen LogP contribution >= 0.6 is 0 Å². The molecule has 3 unspecified atom stereocenters. The van der Waals surface area contributed by atoms with Gasteiger partial charge < -0.3 is 14.5 Å². The van der Waals surface area contributed by atoms with E-state index in [1.165, 1.54) is 5.56 Å². The molecule has 6 rings (SSSR count). The maximum absolute atomic E-state index is 13.7. The first-order valence-corrected chi connectivity index (χ1v) is 12.6. The summed E-state index contributed by atoms with van der Waals surface area (Å²) in [6.45, 7) is 3.37. The predicted molar refractivity (Wildman–Crippen MR) is 139 cm³/mol. The number of aromatic amines is 1. The lowest BCUT2D eigenvalue weighted by molar-refractivity contribution is 0.0197. The number of carbonyl (C=O) groups is 1. The molecule has 0 radical (unpaired) electrons. The van der Waals surface area contributed by atoms with Crippen molar-refractivity contribution in [1.82, 2.24) is 20.0 Å². The second-order valence-corrected chi connectivity index (χ2v) is 9.45. The SMILES string of the molecule is CCOc1cc(C(=O)N2C3CCN2C(Cc2ccccc2)C3)ccc1-c1nc2ccc(OC)cc2[nH]1. The number of H-pyrrole nitrogens is 1. The molecule has 3 atom stereocenters. The van der Waals surface area contributed by atoms with Gasteiger partial charge in [0.1, 0.15) is 17.3 Å². The number of benzene rings is 3. The summed E-state index contributed by atoms with van der Waals surface area (Å²) >= 11 is 0. The fraction of sp³-hybridized carbons (Fsp3) is 0.310. The molecule has 2 aliphatic heterocycles. The zero-order valence-corrected chi connectivity index (χ0v) is 20.6. The average molecular weight is 483 g/mol. The van der Waals surface area contributed by atoms with Gasteiger partial charge in [-0.25, -0.2) is 9.99 Å². The summed E-state index contributed by atoms with van der Waals surface area (Å²) in [7, 11) is 1.65. The topological polar surface area (TPSA) is 70.7 Å². The smallest absolute Gasteiger partial charge is 0.268 e. The van der Waals surface area contributed by atoms with Crippen LogP contribution in [0.4, 0.5) is 0 Å². The molecule has 7 nitrogen and oxygen atoms in total. The third kappa shape index (κ3) is 3.99. The molecule has 1 amide bonds. The molecule has 2 fully saturated rings. The number of hydrogen-bond donors (Lipinski definition) is 1. The molecule has 0 saturated carbocycles. The van der Waals surface area contributed by atoms with Crippen molar-refractivity contribution in [3.63, 3.8) is 0 Å². The van der Waals surface area contributed by atoms with Gasteiger partial charge in [-0.05, 0) is 62.1 Å². The van der Waals surface area contributed by atoms with Crippen LogP contribution in [0.3, 0.4) is 0 Å². The van der Waals surface area contributed by atoms with Gasteiger partial charge in [0.15, 0.2) is 0 Å². The largest absolute Gasteiger partial charge is 0.497 e. The Morgan fingerprint density at radius 1 is 1.11 bits per heavy atom. The zero-order valence-electron chi connectivity index (χ0n) is 20.6. The number of imidazole rings is 1. The van der Waals surface area contributed by atoms with Crippen LogP contribution < -0.4 is 9.47 Å². The lowest BCUT2D eigenvalue weighted by Crippen LogP contribution is -2.42. The molecule has 7 heteroatoms. The Labute approximate surface area is 210 Å². The summed E-state index contributed by atoms with van der Waals surface area (Å²) in [4.78, 5) is 21.8. The van der Waals surface area contributed by atoms with E-state index in [-0.39, 0.29) is 11.9 Å². The minimum absolute atomic E-state index is 0.0370. The van der Waals surface area contributed by atoms with E-state index < -0.39 is 0 Å². The molecule has 2 aliphatic rings. The van der Waals surface area contributed by atoms with Crippen molar-refractivity contribution in [2.45, 2.75) is 38.3 Å². The molecule has 3 aromatic carbocycles. The van der Waals surface area contributed by atoms with E-state index in [1.54, 1.807) is 7.11 Å². The Kier molecular flexibility index (Phi) is 5.85. The summed E-state index contributed by atoms with van der Waals surface area (Å²) in [5.74, 6) is 2.16. The van der Waals surface area contributed by atoms with Crippen molar-refractivity contribution in [1.29, 1.82) is 0 Å². The molecule has 0 aliphatic carbocycles. The van der Waals surface area contributed by atoms with Crippen LogP contribution in [0.15, 0.2) is 66.7 Å². The zero-order chi connectivity index (χ0) is 24.6. The molecule has 4 aromatic rings. The summed E-state index contributed by atoms with van der Waals surface area (Å²) in [5, 5.41) is 4.27. The number of nitrogens with zero attached hydrogens (tertiary/aromatic N) is 3. The van der Waals surface area contributed by atoms with Gasteiger partial charge >= 0.3 is 0 Å². The van der Waals surface area contributed by atoms with Gasteiger partial charge in [-0.2, -0.15) is 0 Å². The highest BCUT2D eigenvalue weighted by Gasteiger charge is 2.47. The molecule has 2 bridgehead atoms. The van der Waals surface area contributed by atoms with E-state index in [1.807, 2.05) is 54.4 Å². The number of ether oxygens (including phenoxy) is 2. The normalized spacial score (nSPS) is 20.7. The Morgan fingerprint density at radius 2 is 1.97 bits per heavy atom. The van der Waals surface area contributed by atoms with E-state index >= 15 is 0 Å². The number of nitrogens with one attached hydrogen (secondary N) is 1. The standard InChI is InChI=1S/C29H30N4O3/c1-3-36-27-16-20(9-11-24(27)28-30-25-12-10-23(35-2)18-26(25)31-28)29(34)33-21-13-14-32(33)22(17-21)15-19-7-5-4-6-8-19/h4-12,16,18,21-22H,3,13-15,17H2,1-2H3,(H,30,31). The van der Waals surface area contributed by atoms with Crippen LogP contribution in [0.2, 0.25) is 0 Å². The Balaban J connectivity index is 1.27. The third-order valence-electron chi connectivity index (χ3n) is 7.27. The number of rotatable bonds is 7. The summed E-state index contributed by atoms with van der Waals surface area (Å²) in [6, 6.07) is 22.6. The van der Waals surface area contributed by atoms with Gasteiger partial charge in [0, 0.05) is 24.2 Å². The summed E-state index contributed by atoms with van der Waals surface area (Å²) in [5.41, 5.74) is 4.51. The van der Waals surface area contributed by atoms with Crippen molar-refractivity contribution in [3.8, 4) is 22.9 Å². The number of aromatic nitrogens is 2. The third-order valence-corrected chi connectivity index (χ3v) is 7.27. The molecule has 2 saturated heterocycles. The molecule has 3 heterocycles. The Bertz CT molecular complexity index is 1400. The first-order chi connectivity index (χ1) is 17.6. The van der Waals surface area contributed by atoms with Gasteiger partial charge in [-0.3, -0.25) is 9.80 Å². The number of fused-ring (bicyclic) bond motifs is 3. The maximum atomic E-state index is 13.7. The summed E-state index contributed by atoms with van der Waals surface area (Å²) < 4.78 is 11.3. The van der Waals surface area contributed by atoms with E-state index in [4.69, 9.17) is 14.5 Å². The number of amides is 1. The highest BCUT2D eigenvalue weighted by Crippen LogP contribution is 2.38. The van der Waals surface area contributed by atoms with Crippen LogP contribution in [0.1, 0.15) is 35.7 Å². The molecule has 1 aromatic heterocycles. The Morgan fingerprint density at radius 3 is 2.78 bits per heavy atom. The van der Waals surface area contributed by atoms with Crippen LogP contribution in [-0.2, 0) is 6.42 Å². The number of hydrazine groups is 1. The molecule has 184 valence electrons. The van der Waals surface area contributed by atoms with Crippen molar-refractivity contribution in [3.05, 3.63) is 77.9 Å². The van der Waals surface area contributed by atoms with Gasteiger partial charge in [0.25, 0.3) is 5.91 Å². The second kappa shape index (κ2) is 9.32. The monoisotopic (exact) mass is 482 g/mol. The van der Waals surface area contributed by atoms with Gasteiger partial charge in [0.2, 0.25) is 0 Å². The van der Waals surface area contributed by atoms with E-state index in [0.29, 0.717) is 29.8 Å². The first-order valence-electron chi connectivity index (χ1n) is 12.6. The van der Waals surface area contributed by atoms with Gasteiger partial charge in [-0.15, -0.1) is 0 Å². The highest BCUT2D eigenvalue weighted by molar-refractivity contribution is 5.96. The lowest BCUT2D eigenvalue weighted by atomic mass is 9.97. The molecular formula is C29H30N4O3. The fourth-order valence-electron chi connectivity index (χ4n) is 5.59. The average Bonchev–Trinajstić information content (AvgIpc) is 3.61. The molecule has 1 N–H and O–H groups in total. The van der Waals surface area contributed by atoms with Crippen LogP contribution in [0.5, 0.6) is 11.5 Å². The number of methoxy groups -OCH3 is 1. The predicted octanol–water partition coefficient (Wildman–Crippen LogP) is 5.08. The van der Waals surface area contributed by atoms with Crippen molar-refractivity contribution in [2.75, 3.05) is 20.3 Å². The maximum Gasteiger partial charge on any atom is 0.268 e. The minimum Gasteiger partial charge on any atom is -0.497 e. The van der Waals surface area contributed by atoms with E-state index in [2.05, 4.69) is 34.3 Å². The number of carbonyl (C=O) groups excluding carboxylic acids is 1. The molecule has 0 spiro atoms.